The van der Waals surface area contributed by atoms with Crippen molar-refractivity contribution in [2.45, 2.75) is 33.1 Å². The van der Waals surface area contributed by atoms with Crippen molar-refractivity contribution < 1.29 is 4.39 Å². The van der Waals surface area contributed by atoms with Gasteiger partial charge in [-0.1, -0.05) is 51.1 Å². The maximum absolute atomic E-state index is 14.7. The van der Waals surface area contributed by atoms with Gasteiger partial charge in [-0.2, -0.15) is 5.10 Å². The van der Waals surface area contributed by atoms with Crippen molar-refractivity contribution in [3.63, 3.8) is 0 Å². The summed E-state index contributed by atoms with van der Waals surface area (Å²) in [6, 6.07) is 15.3. The van der Waals surface area contributed by atoms with Gasteiger partial charge in [0, 0.05) is 11.6 Å². The number of hydrogen-bond acceptors (Lipinski definition) is 2. The van der Waals surface area contributed by atoms with Crippen LogP contribution in [0.5, 0.6) is 0 Å². The van der Waals surface area contributed by atoms with Gasteiger partial charge in [0.05, 0.1) is 0 Å². The molecule has 3 nitrogen and oxygen atoms in total. The van der Waals surface area contributed by atoms with Crippen LogP contribution in [-0.4, -0.2) is 14.8 Å². The molecule has 1 aromatic heterocycles. The average molecular weight is 355 g/mol. The fraction of sp³-hybridized carbons (Fsp3) is 0.300. The van der Waals surface area contributed by atoms with Crippen molar-refractivity contribution >= 4 is 12.2 Å². The summed E-state index contributed by atoms with van der Waals surface area (Å²) in [5.41, 5.74) is 2.56. The maximum Gasteiger partial charge on any atom is 0.199 e. The molecule has 0 unspecified atom stereocenters. The third-order valence-corrected chi connectivity index (χ3v) is 4.55. The topological polar surface area (TPSA) is 33.6 Å². The van der Waals surface area contributed by atoms with Crippen LogP contribution in [0.25, 0.3) is 5.69 Å². The molecule has 0 amide bonds. The van der Waals surface area contributed by atoms with E-state index in [0.29, 0.717) is 22.1 Å². The molecule has 0 saturated carbocycles. The van der Waals surface area contributed by atoms with E-state index in [0.717, 1.165) is 17.7 Å². The van der Waals surface area contributed by atoms with Gasteiger partial charge >= 0.3 is 0 Å². The Morgan fingerprint density at radius 2 is 1.84 bits per heavy atom. The second kappa shape index (κ2) is 7.31. The lowest BCUT2D eigenvalue weighted by molar-refractivity contribution is 0.587. The maximum atomic E-state index is 14.7. The summed E-state index contributed by atoms with van der Waals surface area (Å²) in [4.78, 5) is 0. The summed E-state index contributed by atoms with van der Waals surface area (Å²) in [5.74, 6) is 0.782. The highest BCUT2D eigenvalue weighted by atomic mass is 32.1. The van der Waals surface area contributed by atoms with Crippen LogP contribution in [0.1, 0.15) is 43.6 Å². The molecule has 0 aliphatic heterocycles. The number of nitrogens with one attached hydrogen (secondary N) is 1. The van der Waals surface area contributed by atoms with Crippen LogP contribution in [0.2, 0.25) is 0 Å². The quantitative estimate of drug-likeness (QED) is 0.620. The number of aromatic amines is 1. The molecule has 0 saturated heterocycles. The van der Waals surface area contributed by atoms with Crippen LogP contribution in [0.3, 0.4) is 0 Å². The highest BCUT2D eigenvalue weighted by Gasteiger charge is 2.20. The molecule has 1 N–H and O–H groups in total. The Morgan fingerprint density at radius 1 is 1.12 bits per heavy atom. The zero-order valence-electron chi connectivity index (χ0n) is 14.7. The van der Waals surface area contributed by atoms with Gasteiger partial charge in [0.25, 0.3) is 0 Å². The van der Waals surface area contributed by atoms with Crippen molar-refractivity contribution in [1.29, 1.82) is 0 Å². The van der Waals surface area contributed by atoms with Gasteiger partial charge in [-0.05, 0) is 53.9 Å². The van der Waals surface area contributed by atoms with Crippen LogP contribution >= 0.6 is 12.2 Å². The van der Waals surface area contributed by atoms with Crippen LogP contribution < -0.4 is 0 Å². The van der Waals surface area contributed by atoms with Gasteiger partial charge in [-0.3, -0.25) is 9.67 Å². The Balaban J connectivity index is 2.00. The number of nitrogens with zero attached hydrogens (tertiary/aromatic N) is 2. The summed E-state index contributed by atoms with van der Waals surface area (Å²) >= 11 is 5.38. The number of H-pyrrole nitrogens is 1. The van der Waals surface area contributed by atoms with Gasteiger partial charge in [0.1, 0.15) is 11.6 Å². The van der Waals surface area contributed by atoms with E-state index in [-0.39, 0.29) is 11.7 Å². The van der Waals surface area contributed by atoms with Gasteiger partial charge < -0.3 is 0 Å². The number of aromatic nitrogens is 3. The van der Waals surface area contributed by atoms with Gasteiger partial charge in [-0.15, -0.1) is 0 Å². The number of hydrogen-bond donors (Lipinski definition) is 1. The number of benzene rings is 2. The molecule has 5 heteroatoms. The lowest BCUT2D eigenvalue weighted by Gasteiger charge is -2.15. The summed E-state index contributed by atoms with van der Waals surface area (Å²) < 4.78 is 17.1. The molecular formula is C20H22FN3S. The van der Waals surface area contributed by atoms with E-state index in [1.807, 2.05) is 54.0 Å². The molecule has 3 aromatic rings. The van der Waals surface area contributed by atoms with Gasteiger partial charge in [0.2, 0.25) is 0 Å². The molecule has 1 heterocycles. The monoisotopic (exact) mass is 355 g/mol. The van der Waals surface area contributed by atoms with Crippen molar-refractivity contribution in [2.24, 2.45) is 5.92 Å². The summed E-state index contributed by atoms with van der Waals surface area (Å²) in [6.45, 7) is 6.21. The first-order chi connectivity index (χ1) is 12.0. The Morgan fingerprint density at radius 3 is 2.48 bits per heavy atom. The van der Waals surface area contributed by atoms with E-state index in [1.54, 1.807) is 6.07 Å². The predicted octanol–water partition coefficient (Wildman–Crippen LogP) is 5.42. The molecule has 0 radical (unpaired) electrons. The van der Waals surface area contributed by atoms with Crippen LogP contribution in [0.4, 0.5) is 4.39 Å². The van der Waals surface area contributed by atoms with Crippen LogP contribution in [0.15, 0.2) is 48.5 Å². The van der Waals surface area contributed by atoms with E-state index < -0.39 is 0 Å². The molecule has 0 fully saturated rings. The molecule has 2 aromatic carbocycles. The van der Waals surface area contributed by atoms with Gasteiger partial charge in [0.15, 0.2) is 4.77 Å². The zero-order chi connectivity index (χ0) is 18.0. The van der Waals surface area contributed by atoms with Crippen molar-refractivity contribution in [1.82, 2.24) is 14.8 Å². The molecule has 0 bridgehead atoms. The minimum absolute atomic E-state index is 0.195. The average Bonchev–Trinajstić information content (AvgIpc) is 2.96. The fourth-order valence-corrected chi connectivity index (χ4v) is 3.33. The van der Waals surface area contributed by atoms with Gasteiger partial charge in [-0.25, -0.2) is 4.39 Å². The third kappa shape index (κ3) is 3.71. The lowest BCUT2D eigenvalue weighted by atomic mass is 9.95. The highest BCUT2D eigenvalue weighted by Crippen LogP contribution is 2.28. The van der Waals surface area contributed by atoms with E-state index in [1.165, 1.54) is 0 Å². The van der Waals surface area contributed by atoms with E-state index >= 15 is 0 Å². The first kappa shape index (κ1) is 17.5. The fourth-order valence-electron chi connectivity index (χ4n) is 3.09. The molecule has 1 atom stereocenters. The standard InChI is InChI=1S/C20H22FN3S/c1-13(2)11-15-9-10-17(18(21)12-15)14(3)19-22-23-20(25)24(19)16-7-5-4-6-8-16/h4-10,12-14H,11H2,1-3H3,(H,23,25)/t14-/m1/s1. The molecular weight excluding hydrogens is 333 g/mol. The Bertz CT molecular complexity index is 912. The lowest BCUT2D eigenvalue weighted by Crippen LogP contribution is -2.09. The largest absolute Gasteiger partial charge is 0.272 e. The Labute approximate surface area is 152 Å². The number of rotatable bonds is 5. The second-order valence-corrected chi connectivity index (χ2v) is 7.12. The first-order valence-corrected chi connectivity index (χ1v) is 8.89. The molecule has 25 heavy (non-hydrogen) atoms. The molecule has 130 valence electrons. The van der Waals surface area contributed by atoms with Crippen molar-refractivity contribution in [3.05, 3.63) is 76.1 Å². The second-order valence-electron chi connectivity index (χ2n) is 6.73. The number of halogens is 1. The van der Waals surface area contributed by atoms with Crippen LogP contribution in [-0.2, 0) is 6.42 Å². The van der Waals surface area contributed by atoms with Crippen LogP contribution in [0, 0.1) is 16.5 Å². The van der Waals surface area contributed by atoms with Crippen molar-refractivity contribution in [2.75, 3.05) is 0 Å². The number of para-hydroxylation sites is 1. The Hall–Kier alpha value is -2.27. The van der Waals surface area contributed by atoms with E-state index in [4.69, 9.17) is 12.2 Å². The van der Waals surface area contributed by atoms with E-state index in [2.05, 4.69) is 24.0 Å². The van der Waals surface area contributed by atoms with E-state index in [9.17, 15) is 4.39 Å². The molecule has 0 aliphatic rings. The molecule has 0 aliphatic carbocycles. The molecule has 3 rings (SSSR count). The summed E-state index contributed by atoms with van der Waals surface area (Å²) in [7, 11) is 0. The minimum atomic E-state index is -0.221. The SMILES string of the molecule is CC(C)Cc1ccc([C@@H](C)c2n[nH]c(=S)n2-c2ccccc2)c(F)c1. The summed E-state index contributed by atoms with van der Waals surface area (Å²) in [5, 5.41) is 7.20. The molecule has 0 spiro atoms. The normalized spacial score (nSPS) is 12.5. The Kier molecular flexibility index (Phi) is 5.13. The first-order valence-electron chi connectivity index (χ1n) is 8.48. The third-order valence-electron chi connectivity index (χ3n) is 4.28. The smallest absolute Gasteiger partial charge is 0.199 e. The predicted molar refractivity (Wildman–Crippen MR) is 101 cm³/mol. The summed E-state index contributed by atoms with van der Waals surface area (Å²) in [6.07, 6.45) is 0.869. The highest BCUT2D eigenvalue weighted by molar-refractivity contribution is 7.71. The minimum Gasteiger partial charge on any atom is -0.272 e. The van der Waals surface area contributed by atoms with Crippen molar-refractivity contribution in [3.8, 4) is 5.69 Å². The zero-order valence-corrected chi connectivity index (χ0v) is 15.5.